The predicted octanol–water partition coefficient (Wildman–Crippen LogP) is 0.0630. The average Bonchev–Trinajstić information content (AvgIpc) is 2.84. The molecule has 11 nitrogen and oxygen atoms in total. The standard InChI is InChI=1S/C25H39N5O6/c1-5-14(3)20(27)24(34)29-17(12-16-10-8-7-9-11-16)22(32)28-18(13-19(26)31)23(33)30-21(25(35)36)15(4)6-2/h7-11,14-15,17-18,20-21H,5-6,12-13,27H2,1-4H3,(H2,26,31)(H,28,32)(H,29,34)(H,30,33)(H,35,36). The van der Waals surface area contributed by atoms with Crippen molar-refractivity contribution < 1.29 is 29.1 Å². The van der Waals surface area contributed by atoms with Gasteiger partial charge in [0.2, 0.25) is 23.6 Å². The molecule has 0 saturated heterocycles. The van der Waals surface area contributed by atoms with Gasteiger partial charge in [-0.15, -0.1) is 0 Å². The van der Waals surface area contributed by atoms with E-state index in [2.05, 4.69) is 16.0 Å². The minimum Gasteiger partial charge on any atom is -0.480 e. The first-order valence-electron chi connectivity index (χ1n) is 12.1. The van der Waals surface area contributed by atoms with Crippen molar-refractivity contribution in [3.05, 3.63) is 35.9 Å². The summed E-state index contributed by atoms with van der Waals surface area (Å²) in [5.74, 6) is -4.77. The number of nitrogens with two attached hydrogens (primary N) is 2. The quantitative estimate of drug-likeness (QED) is 0.194. The van der Waals surface area contributed by atoms with Crippen molar-refractivity contribution in [3.8, 4) is 0 Å². The van der Waals surface area contributed by atoms with Crippen LogP contribution in [-0.4, -0.2) is 58.9 Å². The third kappa shape index (κ3) is 9.65. The van der Waals surface area contributed by atoms with Gasteiger partial charge in [-0.1, -0.05) is 70.9 Å². The summed E-state index contributed by atoms with van der Waals surface area (Å²) in [7, 11) is 0. The van der Waals surface area contributed by atoms with E-state index >= 15 is 0 Å². The van der Waals surface area contributed by atoms with Crippen molar-refractivity contribution in [2.75, 3.05) is 0 Å². The molecule has 0 aliphatic heterocycles. The molecule has 6 atom stereocenters. The van der Waals surface area contributed by atoms with Crippen LogP contribution in [0.25, 0.3) is 0 Å². The lowest BCUT2D eigenvalue weighted by Crippen LogP contribution is -2.59. The Kier molecular flexibility index (Phi) is 12.6. The van der Waals surface area contributed by atoms with Gasteiger partial charge in [-0.05, 0) is 17.4 Å². The fourth-order valence-corrected chi connectivity index (χ4v) is 3.46. The highest BCUT2D eigenvalue weighted by molar-refractivity contribution is 5.96. The van der Waals surface area contributed by atoms with Gasteiger partial charge in [0.1, 0.15) is 18.1 Å². The maximum atomic E-state index is 13.2. The summed E-state index contributed by atoms with van der Waals surface area (Å²) in [5.41, 5.74) is 12.1. The zero-order valence-electron chi connectivity index (χ0n) is 21.3. The summed E-state index contributed by atoms with van der Waals surface area (Å²) in [6.07, 6.45) is 0.682. The third-order valence-corrected chi connectivity index (χ3v) is 6.29. The van der Waals surface area contributed by atoms with Crippen molar-refractivity contribution in [1.29, 1.82) is 0 Å². The van der Waals surface area contributed by atoms with Gasteiger partial charge < -0.3 is 32.5 Å². The Morgan fingerprint density at radius 3 is 1.86 bits per heavy atom. The van der Waals surface area contributed by atoms with Crippen LogP contribution >= 0.6 is 0 Å². The Morgan fingerprint density at radius 2 is 1.36 bits per heavy atom. The largest absolute Gasteiger partial charge is 0.480 e. The van der Waals surface area contributed by atoms with E-state index in [0.717, 1.165) is 5.56 Å². The molecular weight excluding hydrogens is 466 g/mol. The van der Waals surface area contributed by atoms with Crippen LogP contribution in [0.3, 0.4) is 0 Å². The first-order valence-corrected chi connectivity index (χ1v) is 12.1. The monoisotopic (exact) mass is 505 g/mol. The molecular formula is C25H39N5O6. The number of hydrogen-bond acceptors (Lipinski definition) is 6. The van der Waals surface area contributed by atoms with Gasteiger partial charge in [0.15, 0.2) is 0 Å². The Bertz CT molecular complexity index is 909. The molecule has 6 unspecified atom stereocenters. The lowest BCUT2D eigenvalue weighted by Gasteiger charge is -2.26. The number of carbonyl (C=O) groups excluding carboxylic acids is 4. The van der Waals surface area contributed by atoms with Crippen molar-refractivity contribution >= 4 is 29.6 Å². The first-order chi connectivity index (χ1) is 16.9. The molecule has 0 aliphatic rings. The fourth-order valence-electron chi connectivity index (χ4n) is 3.46. The maximum absolute atomic E-state index is 13.2. The summed E-state index contributed by atoms with van der Waals surface area (Å²) in [6, 6.07) is 4.31. The second-order valence-corrected chi connectivity index (χ2v) is 9.10. The number of nitrogens with one attached hydrogen (secondary N) is 3. The van der Waals surface area contributed by atoms with Gasteiger partial charge in [-0.25, -0.2) is 4.79 Å². The number of carbonyl (C=O) groups is 5. The van der Waals surface area contributed by atoms with Crippen molar-refractivity contribution in [2.24, 2.45) is 23.3 Å². The van der Waals surface area contributed by atoms with E-state index in [1.165, 1.54) is 0 Å². The zero-order chi connectivity index (χ0) is 27.4. The summed E-state index contributed by atoms with van der Waals surface area (Å²) in [5, 5.41) is 17.0. The minimum absolute atomic E-state index is 0.0984. The molecule has 200 valence electrons. The van der Waals surface area contributed by atoms with Crippen LogP contribution in [0, 0.1) is 11.8 Å². The van der Waals surface area contributed by atoms with E-state index in [4.69, 9.17) is 11.5 Å². The Morgan fingerprint density at radius 1 is 0.833 bits per heavy atom. The smallest absolute Gasteiger partial charge is 0.326 e. The van der Waals surface area contributed by atoms with Gasteiger partial charge in [0.05, 0.1) is 12.5 Å². The lowest BCUT2D eigenvalue weighted by atomic mass is 9.97. The summed E-state index contributed by atoms with van der Waals surface area (Å²) in [4.78, 5) is 62.1. The highest BCUT2D eigenvalue weighted by atomic mass is 16.4. The minimum atomic E-state index is -1.43. The molecule has 0 heterocycles. The fraction of sp³-hybridized carbons (Fsp3) is 0.560. The lowest BCUT2D eigenvalue weighted by molar-refractivity contribution is -0.144. The second-order valence-electron chi connectivity index (χ2n) is 9.10. The average molecular weight is 506 g/mol. The number of primary amides is 1. The van der Waals surface area contributed by atoms with E-state index in [-0.39, 0.29) is 12.3 Å². The molecule has 0 spiro atoms. The number of amides is 4. The van der Waals surface area contributed by atoms with Gasteiger partial charge in [-0.2, -0.15) is 0 Å². The molecule has 0 aromatic heterocycles. The number of benzene rings is 1. The topological polar surface area (TPSA) is 194 Å². The Labute approximate surface area is 211 Å². The maximum Gasteiger partial charge on any atom is 0.326 e. The second kappa shape index (κ2) is 14.8. The Hall–Kier alpha value is -3.47. The number of carboxylic acid groups (broad SMARTS) is 1. The molecule has 0 saturated carbocycles. The van der Waals surface area contributed by atoms with E-state index < -0.39 is 66.1 Å². The number of rotatable bonds is 15. The van der Waals surface area contributed by atoms with Crippen LogP contribution in [-0.2, 0) is 30.4 Å². The number of hydrogen-bond donors (Lipinski definition) is 6. The first kappa shape index (κ1) is 30.6. The number of carboxylic acids is 1. The molecule has 8 N–H and O–H groups in total. The van der Waals surface area contributed by atoms with E-state index in [0.29, 0.717) is 12.8 Å². The van der Waals surface area contributed by atoms with E-state index in [1.807, 2.05) is 13.8 Å². The summed E-state index contributed by atoms with van der Waals surface area (Å²) < 4.78 is 0. The van der Waals surface area contributed by atoms with Crippen LogP contribution in [0.1, 0.15) is 52.5 Å². The van der Waals surface area contributed by atoms with E-state index in [9.17, 15) is 29.1 Å². The van der Waals surface area contributed by atoms with Crippen LogP contribution in [0.2, 0.25) is 0 Å². The zero-order valence-corrected chi connectivity index (χ0v) is 21.3. The van der Waals surface area contributed by atoms with Gasteiger partial charge >= 0.3 is 5.97 Å². The van der Waals surface area contributed by atoms with Crippen LogP contribution in [0.15, 0.2) is 30.3 Å². The number of aliphatic carboxylic acids is 1. The molecule has 0 radical (unpaired) electrons. The van der Waals surface area contributed by atoms with Gasteiger partial charge in [0, 0.05) is 6.42 Å². The van der Waals surface area contributed by atoms with Crippen molar-refractivity contribution in [1.82, 2.24) is 16.0 Å². The summed E-state index contributed by atoms with van der Waals surface area (Å²) >= 11 is 0. The van der Waals surface area contributed by atoms with Crippen molar-refractivity contribution in [3.63, 3.8) is 0 Å². The highest BCUT2D eigenvalue weighted by Gasteiger charge is 2.33. The normalized spacial score (nSPS) is 15.9. The van der Waals surface area contributed by atoms with E-state index in [1.54, 1.807) is 44.2 Å². The molecule has 0 aliphatic carbocycles. The molecule has 4 amide bonds. The van der Waals surface area contributed by atoms with Crippen molar-refractivity contribution in [2.45, 2.75) is 77.5 Å². The molecule has 36 heavy (non-hydrogen) atoms. The SMILES string of the molecule is CCC(C)C(N)C(=O)NC(Cc1ccccc1)C(=O)NC(CC(N)=O)C(=O)NC(C(=O)O)C(C)CC. The van der Waals surface area contributed by atoms with Gasteiger partial charge in [-0.3, -0.25) is 19.2 Å². The molecule has 1 rings (SSSR count). The van der Waals surface area contributed by atoms with Crippen LogP contribution < -0.4 is 27.4 Å². The highest BCUT2D eigenvalue weighted by Crippen LogP contribution is 2.10. The van der Waals surface area contributed by atoms with Crippen LogP contribution in [0.5, 0.6) is 0 Å². The molecule has 0 fully saturated rings. The molecule has 11 heteroatoms. The molecule has 0 bridgehead atoms. The third-order valence-electron chi connectivity index (χ3n) is 6.29. The Balaban J connectivity index is 3.15. The molecule has 1 aromatic rings. The molecule has 1 aromatic carbocycles. The predicted molar refractivity (Wildman–Crippen MR) is 134 cm³/mol. The van der Waals surface area contributed by atoms with Gasteiger partial charge in [0.25, 0.3) is 0 Å². The summed E-state index contributed by atoms with van der Waals surface area (Å²) in [6.45, 7) is 7.14. The van der Waals surface area contributed by atoms with Crippen LogP contribution in [0.4, 0.5) is 0 Å².